The zero-order valence-corrected chi connectivity index (χ0v) is 11.9. The van der Waals surface area contributed by atoms with Crippen molar-refractivity contribution in [3.63, 3.8) is 0 Å². The van der Waals surface area contributed by atoms with Crippen LogP contribution < -0.4 is 5.32 Å². The number of nitrogens with one attached hydrogen (secondary N) is 1. The second-order valence-corrected chi connectivity index (χ2v) is 5.14. The third-order valence-corrected chi connectivity index (χ3v) is 3.31. The van der Waals surface area contributed by atoms with Gasteiger partial charge in [-0.2, -0.15) is 0 Å². The first-order chi connectivity index (χ1) is 9.08. The van der Waals surface area contributed by atoms with Gasteiger partial charge in [-0.25, -0.2) is 4.98 Å². The van der Waals surface area contributed by atoms with Crippen molar-refractivity contribution in [1.29, 1.82) is 0 Å². The van der Waals surface area contributed by atoms with Gasteiger partial charge in [0.2, 0.25) is 5.91 Å². The Morgan fingerprint density at radius 1 is 1.53 bits per heavy atom. The number of amides is 1. The minimum Gasteiger partial charge on any atom is -0.347 e. The van der Waals surface area contributed by atoms with Crippen molar-refractivity contribution in [1.82, 2.24) is 25.1 Å². The molecule has 7 heteroatoms. The van der Waals surface area contributed by atoms with Crippen LogP contribution in [0.15, 0.2) is 12.4 Å². The van der Waals surface area contributed by atoms with Gasteiger partial charge in [0.25, 0.3) is 0 Å². The van der Waals surface area contributed by atoms with Gasteiger partial charge in [-0.1, -0.05) is 11.6 Å². The van der Waals surface area contributed by atoms with Gasteiger partial charge in [0.15, 0.2) is 0 Å². The predicted molar refractivity (Wildman–Crippen MR) is 72.8 cm³/mol. The normalized spacial score (nSPS) is 20.3. The van der Waals surface area contributed by atoms with E-state index in [2.05, 4.69) is 20.2 Å². The highest BCUT2D eigenvalue weighted by atomic mass is 35.5. The highest BCUT2D eigenvalue weighted by Gasteiger charge is 2.29. The summed E-state index contributed by atoms with van der Waals surface area (Å²) in [6, 6.07) is -0.152. The Bertz CT molecular complexity index is 436. The number of rotatable bonds is 3. The fraction of sp³-hybridized carbons (Fsp3) is 0.583. The van der Waals surface area contributed by atoms with Crippen molar-refractivity contribution >= 4 is 17.5 Å². The van der Waals surface area contributed by atoms with E-state index < -0.39 is 0 Å². The maximum atomic E-state index is 12.1. The Kier molecular flexibility index (Phi) is 4.68. The SMILES string of the molecule is CN(C)C(=O)C1CNCCN1Cc1cnc(Cl)cn1. The molecule has 1 amide bonds. The Balaban J connectivity index is 2.07. The van der Waals surface area contributed by atoms with E-state index in [1.807, 2.05) is 0 Å². The van der Waals surface area contributed by atoms with Crippen LogP contribution in [0, 0.1) is 0 Å². The van der Waals surface area contributed by atoms with Crippen molar-refractivity contribution in [3.8, 4) is 0 Å². The summed E-state index contributed by atoms with van der Waals surface area (Å²) in [6.45, 7) is 2.96. The smallest absolute Gasteiger partial charge is 0.240 e. The third-order valence-electron chi connectivity index (χ3n) is 3.12. The van der Waals surface area contributed by atoms with Gasteiger partial charge in [0, 0.05) is 40.3 Å². The molecule has 1 aliphatic heterocycles. The molecule has 0 aromatic carbocycles. The average molecular weight is 284 g/mol. The molecule has 2 heterocycles. The van der Waals surface area contributed by atoms with Gasteiger partial charge in [0.05, 0.1) is 18.1 Å². The van der Waals surface area contributed by atoms with E-state index in [0.29, 0.717) is 18.2 Å². The minimum atomic E-state index is -0.152. The summed E-state index contributed by atoms with van der Waals surface area (Å²) in [6.07, 6.45) is 3.18. The number of hydrogen-bond donors (Lipinski definition) is 1. The van der Waals surface area contributed by atoms with Crippen LogP contribution in [-0.4, -0.2) is 65.4 Å². The summed E-state index contributed by atoms with van der Waals surface area (Å²) in [5.41, 5.74) is 0.822. The van der Waals surface area contributed by atoms with E-state index in [9.17, 15) is 4.79 Å². The Hall–Kier alpha value is -1.24. The lowest BCUT2D eigenvalue weighted by atomic mass is 10.1. The van der Waals surface area contributed by atoms with Crippen LogP contribution in [0.3, 0.4) is 0 Å². The van der Waals surface area contributed by atoms with Gasteiger partial charge >= 0.3 is 0 Å². The Morgan fingerprint density at radius 3 is 2.95 bits per heavy atom. The number of hydrogen-bond acceptors (Lipinski definition) is 5. The molecule has 19 heavy (non-hydrogen) atoms. The lowest BCUT2D eigenvalue weighted by Gasteiger charge is -2.36. The molecule has 0 radical (unpaired) electrons. The number of likely N-dealkylation sites (N-methyl/N-ethyl adjacent to an activating group) is 1. The fourth-order valence-electron chi connectivity index (χ4n) is 2.11. The van der Waals surface area contributed by atoms with Gasteiger partial charge in [0.1, 0.15) is 11.2 Å². The van der Waals surface area contributed by atoms with E-state index in [4.69, 9.17) is 11.6 Å². The van der Waals surface area contributed by atoms with Gasteiger partial charge in [-0.05, 0) is 0 Å². The zero-order valence-electron chi connectivity index (χ0n) is 11.1. The van der Waals surface area contributed by atoms with E-state index in [-0.39, 0.29) is 11.9 Å². The van der Waals surface area contributed by atoms with Crippen LogP contribution in [-0.2, 0) is 11.3 Å². The lowest BCUT2D eigenvalue weighted by Crippen LogP contribution is -2.57. The minimum absolute atomic E-state index is 0.106. The fourth-order valence-corrected chi connectivity index (χ4v) is 2.20. The molecule has 0 aliphatic carbocycles. The summed E-state index contributed by atoms with van der Waals surface area (Å²) < 4.78 is 0. The standard InChI is InChI=1S/C12H18ClN5O/c1-17(2)12(19)10-6-14-3-4-18(10)8-9-5-16-11(13)7-15-9/h5,7,10,14H,3-4,6,8H2,1-2H3. The molecular weight excluding hydrogens is 266 g/mol. The monoisotopic (exact) mass is 283 g/mol. The highest BCUT2D eigenvalue weighted by molar-refractivity contribution is 6.29. The Morgan fingerprint density at radius 2 is 2.32 bits per heavy atom. The first-order valence-corrected chi connectivity index (χ1v) is 6.58. The maximum absolute atomic E-state index is 12.1. The summed E-state index contributed by atoms with van der Waals surface area (Å²) in [5, 5.41) is 3.63. The molecule has 1 aliphatic rings. The zero-order chi connectivity index (χ0) is 13.8. The molecule has 1 aromatic heterocycles. The number of aromatic nitrogens is 2. The molecule has 6 nitrogen and oxygen atoms in total. The van der Waals surface area contributed by atoms with Crippen LogP contribution in [0.5, 0.6) is 0 Å². The lowest BCUT2D eigenvalue weighted by molar-refractivity contribution is -0.135. The van der Waals surface area contributed by atoms with Crippen LogP contribution >= 0.6 is 11.6 Å². The summed E-state index contributed by atoms with van der Waals surface area (Å²) >= 11 is 5.72. The summed E-state index contributed by atoms with van der Waals surface area (Å²) in [5.74, 6) is 0.106. The maximum Gasteiger partial charge on any atom is 0.240 e. The topological polar surface area (TPSA) is 61.4 Å². The van der Waals surface area contributed by atoms with Crippen LogP contribution in [0.25, 0.3) is 0 Å². The molecule has 0 saturated carbocycles. The van der Waals surface area contributed by atoms with E-state index in [0.717, 1.165) is 18.8 Å². The molecule has 2 rings (SSSR count). The first kappa shape index (κ1) is 14.2. The summed E-state index contributed by atoms with van der Waals surface area (Å²) in [4.78, 5) is 24.1. The van der Waals surface area contributed by atoms with Crippen molar-refractivity contribution in [3.05, 3.63) is 23.2 Å². The molecule has 1 unspecified atom stereocenters. The number of halogens is 1. The Labute approximate surface area is 117 Å². The third kappa shape index (κ3) is 3.62. The van der Waals surface area contributed by atoms with E-state index in [1.54, 1.807) is 25.2 Å². The van der Waals surface area contributed by atoms with Gasteiger partial charge in [-0.15, -0.1) is 0 Å². The molecule has 1 saturated heterocycles. The predicted octanol–water partition coefficient (Wildman–Crippen LogP) is -0.00800. The molecule has 1 aromatic rings. The number of carbonyl (C=O) groups excluding carboxylic acids is 1. The second kappa shape index (κ2) is 6.27. The first-order valence-electron chi connectivity index (χ1n) is 6.20. The van der Waals surface area contributed by atoms with Gasteiger partial charge in [-0.3, -0.25) is 14.7 Å². The number of carbonyl (C=O) groups is 1. The van der Waals surface area contributed by atoms with E-state index >= 15 is 0 Å². The molecule has 1 N–H and O–H groups in total. The molecule has 1 fully saturated rings. The van der Waals surface area contributed by atoms with Crippen molar-refractivity contribution in [2.45, 2.75) is 12.6 Å². The quantitative estimate of drug-likeness (QED) is 0.846. The number of nitrogens with zero attached hydrogens (tertiary/aromatic N) is 4. The van der Waals surface area contributed by atoms with Crippen LogP contribution in [0.2, 0.25) is 5.15 Å². The van der Waals surface area contributed by atoms with Gasteiger partial charge < -0.3 is 10.2 Å². The van der Waals surface area contributed by atoms with E-state index in [1.165, 1.54) is 6.20 Å². The van der Waals surface area contributed by atoms with Crippen LogP contribution in [0.1, 0.15) is 5.69 Å². The van der Waals surface area contributed by atoms with Crippen molar-refractivity contribution < 1.29 is 4.79 Å². The molecule has 1 atom stereocenters. The second-order valence-electron chi connectivity index (χ2n) is 4.75. The summed E-state index contributed by atoms with van der Waals surface area (Å²) in [7, 11) is 3.55. The number of piperazine rings is 1. The van der Waals surface area contributed by atoms with Crippen LogP contribution in [0.4, 0.5) is 0 Å². The average Bonchev–Trinajstić information content (AvgIpc) is 2.41. The highest BCUT2D eigenvalue weighted by Crippen LogP contribution is 2.11. The van der Waals surface area contributed by atoms with Crippen molar-refractivity contribution in [2.24, 2.45) is 0 Å². The molecule has 0 spiro atoms. The largest absolute Gasteiger partial charge is 0.347 e. The molecule has 104 valence electrons. The molecular formula is C12H18ClN5O. The van der Waals surface area contributed by atoms with Crippen molar-refractivity contribution in [2.75, 3.05) is 33.7 Å². The molecule has 0 bridgehead atoms.